The van der Waals surface area contributed by atoms with Gasteiger partial charge in [0.25, 0.3) is 0 Å². The Balaban J connectivity index is 3.55. The highest BCUT2D eigenvalue weighted by Gasteiger charge is 2.04. The van der Waals surface area contributed by atoms with Gasteiger partial charge in [-0.15, -0.1) is 0 Å². The summed E-state index contributed by atoms with van der Waals surface area (Å²) < 4.78 is 0. The molecule has 96 valence electrons. The molecule has 0 rings (SSSR count). The molecule has 0 aromatic rings. The van der Waals surface area contributed by atoms with Gasteiger partial charge in [0.15, 0.2) is 0 Å². The zero-order valence-electron chi connectivity index (χ0n) is 8.99. The van der Waals surface area contributed by atoms with Gasteiger partial charge in [-0.25, -0.2) is 0 Å². The lowest BCUT2D eigenvalue weighted by Crippen LogP contribution is -2.38. The van der Waals surface area contributed by atoms with Gasteiger partial charge in [-0.1, -0.05) is 0 Å². The summed E-state index contributed by atoms with van der Waals surface area (Å²) in [4.78, 5) is 41.9. The molecule has 2 amide bonds. The molecule has 0 saturated heterocycles. The van der Waals surface area contributed by atoms with Crippen molar-refractivity contribution >= 4 is 23.8 Å². The summed E-state index contributed by atoms with van der Waals surface area (Å²) in [5, 5.41) is 24.1. The van der Waals surface area contributed by atoms with Crippen LogP contribution in [-0.4, -0.2) is 36.8 Å². The molecule has 0 radical (unpaired) electrons. The topological polar surface area (TPSA) is 138 Å². The van der Waals surface area contributed by atoms with Crippen molar-refractivity contribution in [1.82, 2.24) is 10.6 Å². The van der Waals surface area contributed by atoms with Crippen LogP contribution in [0.25, 0.3) is 0 Å². The van der Waals surface area contributed by atoms with Crippen LogP contribution in [0.1, 0.15) is 19.3 Å². The molecule has 2 N–H and O–H groups in total. The summed E-state index contributed by atoms with van der Waals surface area (Å²) in [7, 11) is 0. The first kappa shape index (κ1) is 14.9. The van der Waals surface area contributed by atoms with Crippen molar-refractivity contribution in [2.24, 2.45) is 0 Å². The minimum Gasteiger partial charge on any atom is -0.548 e. The van der Waals surface area contributed by atoms with E-state index in [0.717, 1.165) is 0 Å². The van der Waals surface area contributed by atoms with Crippen LogP contribution in [0.4, 0.5) is 0 Å². The zero-order chi connectivity index (χ0) is 13.3. The van der Waals surface area contributed by atoms with E-state index in [2.05, 4.69) is 10.6 Å². The Morgan fingerprint density at radius 3 is 1.41 bits per heavy atom. The lowest BCUT2D eigenvalue weighted by atomic mass is 10.2. The second kappa shape index (κ2) is 8.08. The molecule has 0 aliphatic rings. The maximum atomic E-state index is 11.0. The molecule has 0 bridgehead atoms. The fourth-order valence-corrected chi connectivity index (χ4v) is 0.928. The van der Waals surface area contributed by atoms with Crippen LogP contribution in [0.2, 0.25) is 0 Å². The third-order valence-corrected chi connectivity index (χ3v) is 1.67. The number of amides is 2. The van der Waals surface area contributed by atoms with Crippen LogP contribution < -0.4 is 20.8 Å². The van der Waals surface area contributed by atoms with E-state index < -0.39 is 36.8 Å². The van der Waals surface area contributed by atoms with E-state index in [1.54, 1.807) is 0 Å². The number of carbonyl (C=O) groups is 4. The van der Waals surface area contributed by atoms with E-state index in [1.165, 1.54) is 0 Å². The van der Waals surface area contributed by atoms with Crippen LogP contribution in [0, 0.1) is 0 Å². The molecule has 0 fully saturated rings. The first-order valence-electron chi connectivity index (χ1n) is 4.85. The van der Waals surface area contributed by atoms with E-state index in [-0.39, 0.29) is 19.3 Å². The average Bonchev–Trinajstić information content (AvgIpc) is 2.23. The largest absolute Gasteiger partial charge is 0.548 e. The molecule has 0 saturated carbocycles. The molecule has 0 atom stereocenters. The molecule has 8 nitrogen and oxygen atoms in total. The summed E-state index contributed by atoms with van der Waals surface area (Å²) in [6.45, 7) is -1.15. The van der Waals surface area contributed by atoms with Crippen molar-refractivity contribution in [2.75, 3.05) is 13.1 Å². The molecule has 0 heterocycles. The van der Waals surface area contributed by atoms with Crippen LogP contribution in [0.5, 0.6) is 0 Å². The van der Waals surface area contributed by atoms with Crippen molar-refractivity contribution in [3.63, 3.8) is 0 Å². The SMILES string of the molecule is O=C([O-])CNC(=O)CCCC(=O)NCC(=O)[O-]. The number of nitrogens with one attached hydrogen (secondary N) is 2. The molecule has 0 aliphatic carbocycles. The average molecular weight is 244 g/mol. The monoisotopic (exact) mass is 244 g/mol. The molecule has 0 aromatic heterocycles. The van der Waals surface area contributed by atoms with E-state index in [9.17, 15) is 29.4 Å². The molecule has 0 aromatic carbocycles. The van der Waals surface area contributed by atoms with Gasteiger partial charge < -0.3 is 30.4 Å². The normalized spacial score (nSPS) is 9.41. The minimum atomic E-state index is -1.40. The lowest BCUT2D eigenvalue weighted by Gasteiger charge is -2.06. The van der Waals surface area contributed by atoms with Crippen LogP contribution in [0.3, 0.4) is 0 Å². The number of hydrogen-bond acceptors (Lipinski definition) is 6. The van der Waals surface area contributed by atoms with Crippen molar-refractivity contribution < 1.29 is 29.4 Å². The van der Waals surface area contributed by atoms with Crippen LogP contribution >= 0.6 is 0 Å². The Hall–Kier alpha value is -2.12. The maximum absolute atomic E-state index is 11.0. The third kappa shape index (κ3) is 10.2. The fraction of sp³-hybridized carbons (Fsp3) is 0.556. The quantitative estimate of drug-likeness (QED) is 0.445. The van der Waals surface area contributed by atoms with Gasteiger partial charge in [-0.3, -0.25) is 9.59 Å². The van der Waals surface area contributed by atoms with Gasteiger partial charge in [0, 0.05) is 12.8 Å². The molecule has 0 aliphatic heterocycles. The molecule has 0 unspecified atom stereocenters. The van der Waals surface area contributed by atoms with Crippen LogP contribution in [0.15, 0.2) is 0 Å². The first-order chi connectivity index (χ1) is 7.91. The van der Waals surface area contributed by atoms with E-state index >= 15 is 0 Å². The Labute approximate surface area is 97.0 Å². The number of hydrogen-bond donors (Lipinski definition) is 2. The standard InChI is InChI=1S/C9H14N2O6/c12-6(10-4-8(14)15)2-1-3-7(13)11-5-9(16)17/h1-5H2,(H,10,12)(H,11,13)(H,14,15)(H,16,17)/p-2. The molecular weight excluding hydrogens is 232 g/mol. The van der Waals surface area contributed by atoms with Gasteiger partial charge in [0.05, 0.1) is 25.0 Å². The number of carbonyl (C=O) groups excluding carboxylic acids is 4. The van der Waals surface area contributed by atoms with Gasteiger partial charge in [0.1, 0.15) is 0 Å². The smallest absolute Gasteiger partial charge is 0.220 e. The molecular formula is C9H12N2O6-2. The molecule has 8 heteroatoms. The third-order valence-electron chi connectivity index (χ3n) is 1.67. The Morgan fingerprint density at radius 2 is 1.12 bits per heavy atom. The van der Waals surface area contributed by atoms with E-state index in [4.69, 9.17) is 0 Å². The van der Waals surface area contributed by atoms with Gasteiger partial charge in [0.2, 0.25) is 11.8 Å². The number of aliphatic carboxylic acids is 2. The first-order valence-corrected chi connectivity index (χ1v) is 4.85. The highest BCUT2D eigenvalue weighted by Crippen LogP contribution is 1.94. The summed E-state index contributed by atoms with van der Waals surface area (Å²) in [5.41, 5.74) is 0. The van der Waals surface area contributed by atoms with Crippen molar-refractivity contribution in [3.8, 4) is 0 Å². The molecule has 17 heavy (non-hydrogen) atoms. The van der Waals surface area contributed by atoms with Crippen molar-refractivity contribution in [3.05, 3.63) is 0 Å². The van der Waals surface area contributed by atoms with E-state index in [0.29, 0.717) is 0 Å². The second-order valence-electron chi connectivity index (χ2n) is 3.15. The summed E-state index contributed by atoms with van der Waals surface area (Å²) >= 11 is 0. The molecule has 0 spiro atoms. The Bertz CT molecular complexity index is 285. The Kier molecular flexibility index (Phi) is 7.07. The highest BCUT2D eigenvalue weighted by molar-refractivity contribution is 5.82. The second-order valence-corrected chi connectivity index (χ2v) is 3.15. The van der Waals surface area contributed by atoms with E-state index in [1.807, 2.05) is 0 Å². The van der Waals surface area contributed by atoms with Crippen molar-refractivity contribution in [2.45, 2.75) is 19.3 Å². The zero-order valence-corrected chi connectivity index (χ0v) is 8.99. The van der Waals surface area contributed by atoms with Crippen molar-refractivity contribution in [1.29, 1.82) is 0 Å². The predicted octanol–water partition coefficient (Wildman–Crippen LogP) is -4.11. The number of rotatable bonds is 8. The minimum absolute atomic E-state index is 0.0218. The summed E-state index contributed by atoms with van der Waals surface area (Å²) in [6, 6.07) is 0. The highest BCUT2D eigenvalue weighted by atomic mass is 16.4. The number of carboxylic acids is 2. The number of carboxylic acid groups (broad SMARTS) is 2. The lowest BCUT2D eigenvalue weighted by molar-refractivity contribution is -0.305. The predicted molar refractivity (Wildman–Crippen MR) is 49.9 cm³/mol. The Morgan fingerprint density at radius 1 is 0.765 bits per heavy atom. The summed E-state index contributed by atoms with van der Waals surface area (Å²) in [5.74, 6) is -3.82. The maximum Gasteiger partial charge on any atom is 0.220 e. The summed E-state index contributed by atoms with van der Waals surface area (Å²) in [6.07, 6.45) is 0.149. The van der Waals surface area contributed by atoms with Gasteiger partial charge >= 0.3 is 0 Å². The van der Waals surface area contributed by atoms with Gasteiger partial charge in [-0.2, -0.15) is 0 Å². The van der Waals surface area contributed by atoms with Crippen LogP contribution in [-0.2, 0) is 19.2 Å². The van der Waals surface area contributed by atoms with Gasteiger partial charge in [-0.05, 0) is 6.42 Å². The fourth-order valence-electron chi connectivity index (χ4n) is 0.928.